The maximum Gasteiger partial charge on any atom is 0.317 e. The number of hydrogen-bond donors (Lipinski definition) is 1. The molecule has 5 nitrogen and oxygen atoms in total. The van der Waals surface area contributed by atoms with Crippen molar-refractivity contribution in [2.75, 3.05) is 13.6 Å². The van der Waals surface area contributed by atoms with Gasteiger partial charge in [0, 0.05) is 23.8 Å². The zero-order valence-electron chi connectivity index (χ0n) is 15.6. The van der Waals surface area contributed by atoms with Crippen LogP contribution in [0.2, 0.25) is 0 Å². The molecule has 4 aromatic rings. The van der Waals surface area contributed by atoms with Gasteiger partial charge in [0.25, 0.3) is 0 Å². The number of carbonyl (C=O) groups excluding carboxylic acids is 1. The molecule has 2 amide bonds. The number of hydrogen-bond acceptors (Lipinski definition) is 6. The summed E-state index contributed by atoms with van der Waals surface area (Å²) in [5.74, 6) is 0. The summed E-state index contributed by atoms with van der Waals surface area (Å²) in [6.45, 7) is 3.14. The number of aromatic nitrogens is 2. The van der Waals surface area contributed by atoms with E-state index >= 15 is 0 Å². The smallest absolute Gasteiger partial charge is 0.317 e. The van der Waals surface area contributed by atoms with Crippen molar-refractivity contribution >= 4 is 50.3 Å². The summed E-state index contributed by atoms with van der Waals surface area (Å²) in [7, 11) is 1.80. The molecule has 3 heterocycles. The van der Waals surface area contributed by atoms with E-state index < -0.39 is 0 Å². The molecule has 0 unspecified atom stereocenters. The highest BCUT2D eigenvalue weighted by Crippen LogP contribution is 2.29. The molecule has 3 aromatic heterocycles. The number of amides is 2. The Morgan fingerprint density at radius 2 is 2.00 bits per heavy atom. The molecule has 0 atom stereocenters. The van der Waals surface area contributed by atoms with E-state index in [4.69, 9.17) is 0 Å². The second-order valence-corrected chi connectivity index (χ2v) is 9.78. The van der Waals surface area contributed by atoms with E-state index in [0.29, 0.717) is 13.1 Å². The van der Waals surface area contributed by atoms with Gasteiger partial charge in [-0.05, 0) is 37.6 Å². The van der Waals surface area contributed by atoms with Gasteiger partial charge in [-0.25, -0.2) is 14.8 Å². The second-order valence-electron chi connectivity index (χ2n) is 6.43. The predicted molar refractivity (Wildman–Crippen MR) is 118 cm³/mol. The van der Waals surface area contributed by atoms with Crippen molar-refractivity contribution in [1.29, 1.82) is 0 Å². The Hall–Kier alpha value is -2.29. The maximum atomic E-state index is 12.4. The summed E-state index contributed by atoms with van der Waals surface area (Å²) in [6.07, 6.45) is 0.814. The van der Waals surface area contributed by atoms with Crippen LogP contribution in [0.3, 0.4) is 0 Å². The predicted octanol–water partition coefficient (Wildman–Crippen LogP) is 5.17. The zero-order chi connectivity index (χ0) is 19.5. The zero-order valence-corrected chi connectivity index (χ0v) is 18.1. The van der Waals surface area contributed by atoms with E-state index in [1.54, 1.807) is 46.0 Å². The Morgan fingerprint density at radius 3 is 2.79 bits per heavy atom. The fourth-order valence-electron chi connectivity index (χ4n) is 2.82. The molecule has 1 aromatic carbocycles. The number of fused-ring (bicyclic) bond motifs is 1. The number of thiazole rings is 2. The maximum absolute atomic E-state index is 12.4. The van der Waals surface area contributed by atoms with Crippen LogP contribution >= 0.6 is 34.0 Å². The molecule has 0 spiro atoms. The number of nitrogens with zero attached hydrogens (tertiary/aromatic N) is 3. The molecule has 0 aliphatic carbocycles. The molecular weight excluding hydrogens is 408 g/mol. The Morgan fingerprint density at radius 1 is 1.14 bits per heavy atom. The number of aryl methyl sites for hydroxylation is 1. The van der Waals surface area contributed by atoms with Gasteiger partial charge in [0.05, 0.1) is 32.3 Å². The SMILES string of the molecule is Cc1nc(-c2ccc(CCNC(=O)N(C)Cc3nc4ccccc4s3)s2)cs1. The molecule has 0 saturated carbocycles. The first-order valence-electron chi connectivity index (χ1n) is 8.93. The van der Waals surface area contributed by atoms with E-state index in [9.17, 15) is 4.79 Å². The minimum absolute atomic E-state index is 0.0776. The molecule has 0 saturated heterocycles. The van der Waals surface area contributed by atoms with Crippen molar-refractivity contribution in [3.05, 3.63) is 56.7 Å². The fraction of sp³-hybridized carbons (Fsp3) is 0.250. The van der Waals surface area contributed by atoms with Crippen molar-refractivity contribution in [1.82, 2.24) is 20.2 Å². The number of rotatable bonds is 6. The quantitative estimate of drug-likeness (QED) is 0.461. The number of carbonyl (C=O) groups is 1. The average molecular weight is 429 g/mol. The summed E-state index contributed by atoms with van der Waals surface area (Å²) >= 11 is 5.03. The number of nitrogens with one attached hydrogen (secondary N) is 1. The third-order valence-electron chi connectivity index (χ3n) is 4.24. The van der Waals surface area contributed by atoms with Crippen molar-refractivity contribution in [2.24, 2.45) is 0 Å². The van der Waals surface area contributed by atoms with Gasteiger partial charge in [0.15, 0.2) is 0 Å². The van der Waals surface area contributed by atoms with Crippen LogP contribution in [0, 0.1) is 6.92 Å². The lowest BCUT2D eigenvalue weighted by molar-refractivity contribution is 0.207. The molecule has 0 radical (unpaired) electrons. The van der Waals surface area contributed by atoms with Crippen molar-refractivity contribution in [3.63, 3.8) is 0 Å². The number of thiophene rings is 1. The number of benzene rings is 1. The van der Waals surface area contributed by atoms with Crippen molar-refractivity contribution < 1.29 is 4.79 Å². The summed E-state index contributed by atoms with van der Waals surface area (Å²) in [6, 6.07) is 12.2. The van der Waals surface area contributed by atoms with Crippen LogP contribution in [-0.4, -0.2) is 34.5 Å². The summed E-state index contributed by atoms with van der Waals surface area (Å²) in [5.41, 5.74) is 2.03. The molecule has 0 aliphatic heterocycles. The molecule has 8 heteroatoms. The standard InChI is InChI=1S/C20H20N4OS3/c1-13-22-16(12-26-13)18-8-7-14(27-18)9-10-21-20(25)24(2)11-19-23-15-5-3-4-6-17(15)28-19/h3-8,12H,9-11H2,1-2H3,(H,21,25). The normalized spacial score (nSPS) is 11.1. The van der Waals surface area contributed by atoms with Gasteiger partial charge >= 0.3 is 6.03 Å². The van der Waals surface area contributed by atoms with Crippen molar-refractivity contribution in [3.8, 4) is 10.6 Å². The molecule has 144 valence electrons. The Kier molecular flexibility index (Phi) is 5.70. The van der Waals surface area contributed by atoms with Crippen LogP contribution in [0.15, 0.2) is 41.8 Å². The van der Waals surface area contributed by atoms with Gasteiger partial charge in [-0.2, -0.15) is 0 Å². The molecule has 28 heavy (non-hydrogen) atoms. The Labute approximate surface area is 175 Å². The van der Waals surface area contributed by atoms with Gasteiger partial charge in [-0.3, -0.25) is 0 Å². The number of para-hydroxylation sites is 1. The summed E-state index contributed by atoms with van der Waals surface area (Å²) in [4.78, 5) is 25.6. The van der Waals surface area contributed by atoms with Gasteiger partial charge in [-0.1, -0.05) is 12.1 Å². The monoisotopic (exact) mass is 428 g/mol. The first kappa shape index (κ1) is 19.0. The van der Waals surface area contributed by atoms with Gasteiger partial charge in [0.2, 0.25) is 0 Å². The third-order valence-corrected chi connectivity index (χ3v) is 7.20. The van der Waals surface area contributed by atoms with Crippen LogP contribution in [-0.2, 0) is 13.0 Å². The summed E-state index contributed by atoms with van der Waals surface area (Å²) in [5, 5.41) is 7.10. The van der Waals surface area contributed by atoms with E-state index in [1.807, 2.05) is 25.1 Å². The van der Waals surface area contributed by atoms with Crippen LogP contribution in [0.4, 0.5) is 4.79 Å². The van der Waals surface area contributed by atoms with Crippen LogP contribution in [0.5, 0.6) is 0 Å². The number of urea groups is 1. The molecular formula is C20H20N4OS3. The van der Waals surface area contributed by atoms with Crippen LogP contribution < -0.4 is 5.32 Å². The average Bonchev–Trinajstić information content (AvgIpc) is 3.40. The second kappa shape index (κ2) is 8.38. The van der Waals surface area contributed by atoms with Crippen LogP contribution in [0.25, 0.3) is 20.8 Å². The Balaban J connectivity index is 1.27. The minimum Gasteiger partial charge on any atom is -0.338 e. The third kappa shape index (κ3) is 4.40. The van der Waals surface area contributed by atoms with E-state index in [2.05, 4.69) is 38.9 Å². The van der Waals surface area contributed by atoms with E-state index in [0.717, 1.165) is 32.3 Å². The highest BCUT2D eigenvalue weighted by Gasteiger charge is 2.12. The van der Waals surface area contributed by atoms with Gasteiger partial charge in [-0.15, -0.1) is 34.0 Å². The lowest BCUT2D eigenvalue weighted by Crippen LogP contribution is -2.37. The van der Waals surface area contributed by atoms with Crippen LogP contribution in [0.1, 0.15) is 14.9 Å². The minimum atomic E-state index is -0.0776. The fourth-order valence-corrected chi connectivity index (χ4v) is 5.49. The first-order chi connectivity index (χ1) is 13.6. The Bertz CT molecular complexity index is 1060. The highest BCUT2D eigenvalue weighted by molar-refractivity contribution is 7.18. The lowest BCUT2D eigenvalue weighted by atomic mass is 10.3. The first-order valence-corrected chi connectivity index (χ1v) is 11.4. The molecule has 0 fully saturated rings. The van der Waals surface area contributed by atoms with Gasteiger partial charge in [0.1, 0.15) is 5.01 Å². The van der Waals surface area contributed by atoms with Gasteiger partial charge < -0.3 is 10.2 Å². The van der Waals surface area contributed by atoms with E-state index in [-0.39, 0.29) is 6.03 Å². The molecule has 1 N–H and O–H groups in total. The summed E-state index contributed by atoms with van der Waals surface area (Å²) < 4.78 is 1.15. The van der Waals surface area contributed by atoms with Crippen molar-refractivity contribution in [2.45, 2.75) is 19.9 Å². The highest BCUT2D eigenvalue weighted by atomic mass is 32.1. The van der Waals surface area contributed by atoms with E-state index in [1.165, 1.54) is 9.75 Å². The largest absolute Gasteiger partial charge is 0.338 e. The molecule has 0 bridgehead atoms. The lowest BCUT2D eigenvalue weighted by Gasteiger charge is -2.16. The molecule has 4 rings (SSSR count). The topological polar surface area (TPSA) is 58.1 Å². The molecule has 0 aliphatic rings.